The molecule has 2 N–H and O–H groups in total. The quantitative estimate of drug-likeness (QED) is 0.545. The molecule has 21 heavy (non-hydrogen) atoms. The Morgan fingerprint density at radius 3 is 2.24 bits per heavy atom. The molecule has 0 bridgehead atoms. The van der Waals surface area contributed by atoms with Gasteiger partial charge in [0.15, 0.2) is 5.43 Å². The number of hydrogen-bond acceptors (Lipinski definition) is 6. The number of amides is 1. The molecule has 8 heteroatoms. The van der Waals surface area contributed by atoms with Crippen molar-refractivity contribution in [1.29, 1.82) is 0 Å². The zero-order valence-corrected chi connectivity index (χ0v) is 11.7. The molecule has 0 atom stereocenters. The molecule has 0 spiro atoms. The lowest BCUT2D eigenvalue weighted by Crippen LogP contribution is -2.49. The predicted octanol–water partition coefficient (Wildman–Crippen LogP) is -0.400. The van der Waals surface area contributed by atoms with Gasteiger partial charge >= 0.3 is 11.9 Å². The molecule has 0 aliphatic rings. The lowest BCUT2D eigenvalue weighted by atomic mass is 10.2. The summed E-state index contributed by atoms with van der Waals surface area (Å²) in [5, 5.41) is 2.14. The molecule has 0 aliphatic carbocycles. The van der Waals surface area contributed by atoms with Gasteiger partial charge in [-0.2, -0.15) is 0 Å². The number of carbonyl (C=O) groups is 3. The van der Waals surface area contributed by atoms with E-state index in [1.165, 1.54) is 12.4 Å². The van der Waals surface area contributed by atoms with Gasteiger partial charge in [-0.05, 0) is 13.8 Å². The number of aromatic amines is 1. The van der Waals surface area contributed by atoms with Gasteiger partial charge in [0.05, 0.1) is 13.2 Å². The molecule has 1 amide bonds. The van der Waals surface area contributed by atoms with E-state index in [2.05, 4.69) is 10.3 Å². The molecule has 1 aromatic heterocycles. The summed E-state index contributed by atoms with van der Waals surface area (Å²) in [6.07, 6.45) is 2.53. The number of rotatable bonds is 6. The molecular formula is C13H16N2O6. The van der Waals surface area contributed by atoms with Gasteiger partial charge < -0.3 is 19.8 Å². The topological polar surface area (TPSA) is 115 Å². The Balaban J connectivity index is 2.93. The maximum Gasteiger partial charge on any atom is 0.340 e. The molecule has 114 valence electrons. The average molecular weight is 296 g/mol. The molecule has 0 radical (unpaired) electrons. The Bertz CT molecular complexity index is 562. The van der Waals surface area contributed by atoms with Crippen molar-refractivity contribution in [1.82, 2.24) is 10.3 Å². The summed E-state index contributed by atoms with van der Waals surface area (Å²) in [7, 11) is 0. The van der Waals surface area contributed by atoms with Crippen molar-refractivity contribution < 1.29 is 23.9 Å². The summed E-state index contributed by atoms with van der Waals surface area (Å²) in [6, 6.07) is -0.462. The molecular weight excluding hydrogens is 280 g/mol. The van der Waals surface area contributed by atoms with Crippen LogP contribution in [0.15, 0.2) is 23.3 Å². The van der Waals surface area contributed by atoms with Crippen LogP contribution in [0, 0.1) is 0 Å². The molecule has 0 aromatic carbocycles. The number of nitrogens with one attached hydrogen (secondary N) is 2. The first-order valence-corrected chi connectivity index (χ1v) is 6.32. The first-order chi connectivity index (χ1) is 10.0. The van der Waals surface area contributed by atoms with E-state index in [-0.39, 0.29) is 18.8 Å². The van der Waals surface area contributed by atoms with E-state index in [1.54, 1.807) is 13.8 Å². The van der Waals surface area contributed by atoms with Crippen LogP contribution >= 0.6 is 0 Å². The van der Waals surface area contributed by atoms with Crippen LogP contribution in [0.25, 0.3) is 0 Å². The van der Waals surface area contributed by atoms with E-state index < -0.39 is 29.3 Å². The van der Waals surface area contributed by atoms with Gasteiger partial charge in [0, 0.05) is 18.5 Å². The summed E-state index contributed by atoms with van der Waals surface area (Å²) >= 11 is 0. The fourth-order valence-corrected chi connectivity index (χ4v) is 1.47. The second-order valence-corrected chi connectivity index (χ2v) is 3.83. The highest BCUT2D eigenvalue weighted by Gasteiger charge is 2.32. The monoisotopic (exact) mass is 296 g/mol. The predicted molar refractivity (Wildman–Crippen MR) is 71.6 cm³/mol. The number of pyridine rings is 1. The lowest BCUT2D eigenvalue weighted by Gasteiger charge is -2.15. The summed E-state index contributed by atoms with van der Waals surface area (Å²) in [5.41, 5.74) is -0.770. The first kappa shape index (κ1) is 16.4. The van der Waals surface area contributed by atoms with Crippen molar-refractivity contribution in [2.24, 2.45) is 0 Å². The zero-order chi connectivity index (χ0) is 15.8. The van der Waals surface area contributed by atoms with Crippen LogP contribution in [0.2, 0.25) is 0 Å². The van der Waals surface area contributed by atoms with E-state index in [0.717, 1.165) is 6.07 Å². The molecule has 0 fully saturated rings. The minimum Gasteiger partial charge on any atom is -0.464 e. The molecule has 0 unspecified atom stereocenters. The molecule has 1 aromatic rings. The number of aromatic nitrogens is 1. The third-order valence-corrected chi connectivity index (χ3v) is 2.39. The fourth-order valence-electron chi connectivity index (χ4n) is 1.47. The minimum atomic E-state index is -1.61. The van der Waals surface area contributed by atoms with Crippen LogP contribution in [0.1, 0.15) is 24.2 Å². The molecule has 1 heterocycles. The fraction of sp³-hybridized carbons (Fsp3) is 0.385. The summed E-state index contributed by atoms with van der Waals surface area (Å²) in [6.45, 7) is 3.20. The van der Waals surface area contributed by atoms with Gasteiger partial charge in [-0.25, -0.2) is 9.59 Å². The second kappa shape index (κ2) is 7.83. The maximum atomic E-state index is 11.9. The Labute approximate surface area is 120 Å². The van der Waals surface area contributed by atoms with Gasteiger partial charge in [-0.15, -0.1) is 0 Å². The van der Waals surface area contributed by atoms with Crippen molar-refractivity contribution in [3.8, 4) is 0 Å². The SMILES string of the molecule is CCOC(=O)C(NC(=O)c1c[nH]ccc1=O)C(=O)OCC. The van der Waals surface area contributed by atoms with Crippen LogP contribution < -0.4 is 10.7 Å². The lowest BCUT2D eigenvalue weighted by molar-refractivity contribution is -0.157. The standard InChI is InChI=1S/C13H16N2O6/c1-3-20-12(18)10(13(19)21-4-2)15-11(17)8-7-14-6-5-9(8)16/h5-7,10H,3-4H2,1-2H3,(H,14,16)(H,15,17). The number of esters is 2. The van der Waals surface area contributed by atoms with Crippen molar-refractivity contribution in [2.75, 3.05) is 13.2 Å². The van der Waals surface area contributed by atoms with E-state index in [0.29, 0.717) is 0 Å². The Morgan fingerprint density at radius 2 is 1.76 bits per heavy atom. The minimum absolute atomic E-state index is 0.0382. The molecule has 8 nitrogen and oxygen atoms in total. The third kappa shape index (κ3) is 4.44. The Morgan fingerprint density at radius 1 is 1.19 bits per heavy atom. The van der Waals surface area contributed by atoms with Crippen LogP contribution in [0.3, 0.4) is 0 Å². The van der Waals surface area contributed by atoms with E-state index >= 15 is 0 Å². The molecule has 1 rings (SSSR count). The molecule has 0 saturated carbocycles. The van der Waals surface area contributed by atoms with Crippen LogP contribution in [-0.2, 0) is 19.1 Å². The third-order valence-electron chi connectivity index (χ3n) is 2.39. The summed E-state index contributed by atoms with van der Waals surface area (Å²) in [5.74, 6) is -2.77. The largest absolute Gasteiger partial charge is 0.464 e. The second-order valence-electron chi connectivity index (χ2n) is 3.83. The molecule has 0 aliphatic heterocycles. The van der Waals surface area contributed by atoms with Gasteiger partial charge in [0.25, 0.3) is 5.91 Å². The Kier molecular flexibility index (Phi) is 6.12. The van der Waals surface area contributed by atoms with E-state index in [4.69, 9.17) is 9.47 Å². The molecule has 0 saturated heterocycles. The summed E-state index contributed by atoms with van der Waals surface area (Å²) < 4.78 is 9.40. The van der Waals surface area contributed by atoms with Gasteiger partial charge in [0.2, 0.25) is 6.04 Å². The van der Waals surface area contributed by atoms with Crippen molar-refractivity contribution in [3.05, 3.63) is 34.2 Å². The highest BCUT2D eigenvalue weighted by Crippen LogP contribution is 1.97. The van der Waals surface area contributed by atoms with Gasteiger partial charge in [-0.1, -0.05) is 0 Å². The van der Waals surface area contributed by atoms with Crippen LogP contribution in [-0.4, -0.2) is 42.1 Å². The van der Waals surface area contributed by atoms with E-state index in [9.17, 15) is 19.2 Å². The maximum absolute atomic E-state index is 11.9. The Hall–Kier alpha value is -2.64. The van der Waals surface area contributed by atoms with Crippen LogP contribution in [0.4, 0.5) is 0 Å². The number of hydrogen-bond donors (Lipinski definition) is 2. The smallest absolute Gasteiger partial charge is 0.340 e. The first-order valence-electron chi connectivity index (χ1n) is 6.32. The normalized spacial score (nSPS) is 10.0. The number of H-pyrrole nitrogens is 1. The van der Waals surface area contributed by atoms with Crippen molar-refractivity contribution >= 4 is 17.8 Å². The van der Waals surface area contributed by atoms with Crippen molar-refractivity contribution in [2.45, 2.75) is 19.9 Å². The highest BCUT2D eigenvalue weighted by atomic mass is 16.6. The van der Waals surface area contributed by atoms with Gasteiger partial charge in [-0.3, -0.25) is 9.59 Å². The number of carbonyl (C=O) groups excluding carboxylic acids is 3. The summed E-state index contributed by atoms with van der Waals surface area (Å²) in [4.78, 5) is 49.4. The van der Waals surface area contributed by atoms with Crippen LogP contribution in [0.5, 0.6) is 0 Å². The average Bonchev–Trinajstić information content (AvgIpc) is 2.45. The van der Waals surface area contributed by atoms with Crippen molar-refractivity contribution in [3.63, 3.8) is 0 Å². The number of ether oxygens (including phenoxy) is 2. The highest BCUT2D eigenvalue weighted by molar-refractivity contribution is 6.05. The zero-order valence-electron chi connectivity index (χ0n) is 11.7. The van der Waals surface area contributed by atoms with Gasteiger partial charge in [0.1, 0.15) is 5.56 Å². The van der Waals surface area contributed by atoms with E-state index in [1.807, 2.05) is 0 Å².